The Morgan fingerprint density at radius 3 is 2.93 bits per heavy atom. The Balaban J connectivity index is 1.87. The molecule has 2 saturated carbocycles. The number of carbonyl (C=O) groups excluding carboxylic acids is 1. The fourth-order valence-electron chi connectivity index (χ4n) is 4.37. The van der Waals surface area contributed by atoms with Gasteiger partial charge in [0.1, 0.15) is 0 Å². The Morgan fingerprint density at radius 1 is 1.47 bits per heavy atom. The molecule has 3 nitrogen and oxygen atoms in total. The highest BCUT2D eigenvalue weighted by atomic mass is 16.5. The number of hydrogen-bond acceptors (Lipinski definition) is 3. The van der Waals surface area contributed by atoms with Gasteiger partial charge in [-0.15, -0.1) is 0 Å². The molecule has 4 unspecified atom stereocenters. The lowest BCUT2D eigenvalue weighted by atomic mass is 9.67. The molecule has 1 saturated heterocycles. The van der Waals surface area contributed by atoms with Crippen molar-refractivity contribution in [3.05, 3.63) is 0 Å². The molecule has 0 aromatic heterocycles. The highest BCUT2D eigenvalue weighted by molar-refractivity contribution is 5.74. The van der Waals surface area contributed by atoms with E-state index in [9.17, 15) is 4.79 Å². The topological polar surface area (TPSA) is 38.3 Å². The van der Waals surface area contributed by atoms with E-state index in [-0.39, 0.29) is 17.3 Å². The summed E-state index contributed by atoms with van der Waals surface area (Å²) in [5.74, 6) is 1.80. The van der Waals surface area contributed by atoms with Crippen molar-refractivity contribution in [3.8, 4) is 0 Å². The lowest BCUT2D eigenvalue weighted by Crippen LogP contribution is -2.40. The van der Waals surface area contributed by atoms with E-state index in [0.29, 0.717) is 0 Å². The van der Waals surface area contributed by atoms with Gasteiger partial charge < -0.3 is 10.1 Å². The van der Waals surface area contributed by atoms with Crippen LogP contribution >= 0.6 is 0 Å². The van der Waals surface area contributed by atoms with E-state index in [1.165, 1.54) is 32.8 Å². The standard InChI is InChI=1S/C12H19NO2/c1-15-11(14)10-6-13-7-12(10)5-8-2-3-9(12)4-8/h8-10,13H,2-7H2,1H3. The lowest BCUT2D eigenvalue weighted by Gasteiger charge is -2.37. The van der Waals surface area contributed by atoms with Crippen LogP contribution in [0.4, 0.5) is 0 Å². The second-order valence-electron chi connectivity index (χ2n) is 5.52. The van der Waals surface area contributed by atoms with Crippen molar-refractivity contribution in [2.45, 2.75) is 25.7 Å². The van der Waals surface area contributed by atoms with E-state index in [1.54, 1.807) is 0 Å². The van der Waals surface area contributed by atoms with Gasteiger partial charge in [0, 0.05) is 18.5 Å². The maximum absolute atomic E-state index is 11.8. The fourth-order valence-corrected chi connectivity index (χ4v) is 4.37. The van der Waals surface area contributed by atoms with Crippen molar-refractivity contribution in [3.63, 3.8) is 0 Å². The molecule has 1 heterocycles. The minimum atomic E-state index is 0.00699. The smallest absolute Gasteiger partial charge is 0.310 e. The third-order valence-corrected chi connectivity index (χ3v) is 5.01. The number of carbonyl (C=O) groups is 1. The Bertz CT molecular complexity index is 291. The van der Waals surface area contributed by atoms with Gasteiger partial charge in [0.15, 0.2) is 0 Å². The van der Waals surface area contributed by atoms with Crippen LogP contribution < -0.4 is 5.32 Å². The Morgan fingerprint density at radius 2 is 2.33 bits per heavy atom. The van der Waals surface area contributed by atoms with Gasteiger partial charge >= 0.3 is 5.97 Å². The Hall–Kier alpha value is -0.570. The van der Waals surface area contributed by atoms with Gasteiger partial charge in [0.2, 0.25) is 0 Å². The summed E-state index contributed by atoms with van der Waals surface area (Å²) in [6.45, 7) is 1.86. The van der Waals surface area contributed by atoms with Gasteiger partial charge in [0.05, 0.1) is 13.0 Å². The molecular weight excluding hydrogens is 190 g/mol. The van der Waals surface area contributed by atoms with Crippen molar-refractivity contribution in [2.24, 2.45) is 23.2 Å². The number of esters is 1. The molecule has 0 aromatic carbocycles. The summed E-state index contributed by atoms with van der Waals surface area (Å²) in [6, 6.07) is 0. The second kappa shape index (κ2) is 3.21. The number of rotatable bonds is 1. The summed E-state index contributed by atoms with van der Waals surface area (Å²) >= 11 is 0. The summed E-state index contributed by atoms with van der Waals surface area (Å²) < 4.78 is 4.95. The first-order valence-electron chi connectivity index (χ1n) is 6.05. The highest BCUT2D eigenvalue weighted by Crippen LogP contribution is 2.60. The van der Waals surface area contributed by atoms with E-state index < -0.39 is 0 Å². The molecule has 3 rings (SSSR count). The average Bonchev–Trinajstić information content (AvgIpc) is 2.92. The minimum Gasteiger partial charge on any atom is -0.469 e. The van der Waals surface area contributed by atoms with Crippen LogP contribution in [0.3, 0.4) is 0 Å². The van der Waals surface area contributed by atoms with Crippen LogP contribution in [0, 0.1) is 23.2 Å². The van der Waals surface area contributed by atoms with Crippen LogP contribution in [0.5, 0.6) is 0 Å². The third kappa shape index (κ3) is 1.19. The Kier molecular flexibility index (Phi) is 2.06. The molecule has 3 fully saturated rings. The molecule has 0 amide bonds. The van der Waals surface area contributed by atoms with Crippen molar-refractivity contribution >= 4 is 5.97 Å². The molecule has 0 radical (unpaired) electrons. The van der Waals surface area contributed by atoms with Gasteiger partial charge in [-0.2, -0.15) is 0 Å². The van der Waals surface area contributed by atoms with Crippen LogP contribution in [0.15, 0.2) is 0 Å². The van der Waals surface area contributed by atoms with Crippen LogP contribution in [0.25, 0.3) is 0 Å². The van der Waals surface area contributed by atoms with Gasteiger partial charge in [-0.25, -0.2) is 0 Å². The molecule has 4 atom stereocenters. The van der Waals surface area contributed by atoms with Crippen molar-refractivity contribution in [1.29, 1.82) is 0 Å². The fraction of sp³-hybridized carbons (Fsp3) is 0.917. The predicted octanol–water partition coefficient (Wildman–Crippen LogP) is 1.19. The predicted molar refractivity (Wildman–Crippen MR) is 56.3 cm³/mol. The maximum Gasteiger partial charge on any atom is 0.310 e. The quantitative estimate of drug-likeness (QED) is 0.659. The van der Waals surface area contributed by atoms with Gasteiger partial charge in [-0.05, 0) is 31.1 Å². The SMILES string of the molecule is COC(=O)C1CNCC12CC1CCC2C1. The summed E-state index contributed by atoms with van der Waals surface area (Å²) in [6.07, 6.45) is 5.33. The van der Waals surface area contributed by atoms with Crippen molar-refractivity contribution in [2.75, 3.05) is 20.2 Å². The normalized spacial score (nSPS) is 47.7. The number of ether oxygens (including phenoxy) is 1. The molecule has 15 heavy (non-hydrogen) atoms. The van der Waals surface area contributed by atoms with E-state index in [4.69, 9.17) is 4.74 Å². The molecular formula is C12H19NO2. The van der Waals surface area contributed by atoms with Crippen molar-refractivity contribution in [1.82, 2.24) is 5.32 Å². The van der Waals surface area contributed by atoms with Crippen LogP contribution in [0.2, 0.25) is 0 Å². The number of nitrogens with one attached hydrogen (secondary N) is 1. The zero-order chi connectivity index (χ0) is 10.5. The van der Waals surface area contributed by atoms with Gasteiger partial charge in [-0.3, -0.25) is 4.79 Å². The molecule has 1 spiro atoms. The number of fused-ring (bicyclic) bond motifs is 3. The van der Waals surface area contributed by atoms with Crippen molar-refractivity contribution < 1.29 is 9.53 Å². The first-order valence-corrected chi connectivity index (χ1v) is 6.05. The second-order valence-corrected chi connectivity index (χ2v) is 5.52. The lowest BCUT2D eigenvalue weighted by molar-refractivity contribution is -0.149. The van der Waals surface area contributed by atoms with Gasteiger partial charge in [-0.1, -0.05) is 6.42 Å². The summed E-state index contributed by atoms with van der Waals surface area (Å²) in [5.41, 5.74) is 0.260. The van der Waals surface area contributed by atoms with E-state index in [0.717, 1.165) is 24.9 Å². The number of methoxy groups -OCH3 is 1. The molecule has 3 heteroatoms. The third-order valence-electron chi connectivity index (χ3n) is 5.01. The maximum atomic E-state index is 11.8. The zero-order valence-electron chi connectivity index (χ0n) is 9.29. The largest absolute Gasteiger partial charge is 0.469 e. The molecule has 2 bridgehead atoms. The highest BCUT2D eigenvalue weighted by Gasteiger charge is 2.58. The van der Waals surface area contributed by atoms with Crippen LogP contribution in [-0.2, 0) is 9.53 Å². The molecule has 1 aliphatic heterocycles. The van der Waals surface area contributed by atoms with E-state index >= 15 is 0 Å². The molecule has 1 N–H and O–H groups in total. The number of hydrogen-bond donors (Lipinski definition) is 1. The molecule has 84 valence electrons. The van der Waals surface area contributed by atoms with E-state index in [2.05, 4.69) is 5.32 Å². The Labute approximate surface area is 90.6 Å². The van der Waals surface area contributed by atoms with E-state index in [1.807, 2.05) is 0 Å². The summed E-state index contributed by atoms with van der Waals surface area (Å²) in [5, 5.41) is 3.40. The zero-order valence-corrected chi connectivity index (χ0v) is 9.29. The van der Waals surface area contributed by atoms with Crippen LogP contribution in [0.1, 0.15) is 25.7 Å². The molecule has 3 aliphatic rings. The average molecular weight is 209 g/mol. The first-order chi connectivity index (χ1) is 7.26. The monoisotopic (exact) mass is 209 g/mol. The minimum absolute atomic E-state index is 0.00699. The molecule has 2 aliphatic carbocycles. The first kappa shape index (κ1) is 9.64. The summed E-state index contributed by atoms with van der Waals surface area (Å²) in [7, 11) is 1.52. The summed E-state index contributed by atoms with van der Waals surface area (Å²) in [4.78, 5) is 11.8. The molecule has 0 aromatic rings. The van der Waals surface area contributed by atoms with Crippen LogP contribution in [-0.4, -0.2) is 26.2 Å². The van der Waals surface area contributed by atoms with Gasteiger partial charge in [0.25, 0.3) is 0 Å².